The second kappa shape index (κ2) is 12.2. The van der Waals surface area contributed by atoms with Crippen molar-refractivity contribution in [1.29, 1.82) is 0 Å². The molecule has 1 aliphatic heterocycles. The van der Waals surface area contributed by atoms with Crippen LogP contribution in [0.3, 0.4) is 0 Å². The molecule has 9 nitrogen and oxygen atoms in total. The van der Waals surface area contributed by atoms with E-state index in [1.54, 1.807) is 7.05 Å². The number of aryl methyl sites for hydroxylation is 1. The molecule has 2 heterocycles. The van der Waals surface area contributed by atoms with Gasteiger partial charge < -0.3 is 24.8 Å². The lowest BCUT2D eigenvalue weighted by Gasteiger charge is -2.23. The Morgan fingerprint density at radius 1 is 1.36 bits per heavy atom. The van der Waals surface area contributed by atoms with E-state index in [1.807, 2.05) is 45.0 Å². The fourth-order valence-corrected chi connectivity index (χ4v) is 3.57. The summed E-state index contributed by atoms with van der Waals surface area (Å²) in [5.41, 5.74) is 1.48. The molecule has 0 radical (unpaired) electrons. The number of rotatable bonds is 6. The number of guanidine groups is 1. The van der Waals surface area contributed by atoms with Gasteiger partial charge in [-0.25, -0.2) is 4.79 Å². The monoisotopic (exact) mass is 570 g/mol. The Labute approximate surface area is 212 Å². The number of aromatic nitrogens is 2. The number of amides is 1. The fourth-order valence-electron chi connectivity index (χ4n) is 3.57. The summed E-state index contributed by atoms with van der Waals surface area (Å²) in [6.45, 7) is 9.76. The van der Waals surface area contributed by atoms with E-state index in [-0.39, 0.29) is 36.1 Å². The molecule has 10 heteroatoms. The molecule has 0 bridgehead atoms. The Hall–Kier alpha value is -2.37. The average Bonchev–Trinajstić information content (AvgIpc) is 3.38. The maximum absolute atomic E-state index is 12.0. The van der Waals surface area contributed by atoms with Crippen molar-refractivity contribution in [3.63, 3.8) is 0 Å². The molecule has 0 aliphatic carbocycles. The van der Waals surface area contributed by atoms with Gasteiger partial charge in [0.15, 0.2) is 11.8 Å². The Bertz CT molecular complexity index is 940. The number of carbonyl (C=O) groups excluding carboxylic acids is 1. The van der Waals surface area contributed by atoms with Crippen LogP contribution in [0.4, 0.5) is 4.79 Å². The van der Waals surface area contributed by atoms with Crippen LogP contribution in [-0.4, -0.2) is 58.9 Å². The number of hydrogen-bond donors (Lipinski definition) is 2. The Morgan fingerprint density at radius 3 is 2.85 bits per heavy atom. The molecule has 0 saturated carbocycles. The van der Waals surface area contributed by atoms with Gasteiger partial charge in [-0.2, -0.15) is 4.98 Å². The van der Waals surface area contributed by atoms with Crippen LogP contribution in [0.25, 0.3) is 11.5 Å². The van der Waals surface area contributed by atoms with Crippen LogP contribution in [0, 0.1) is 0 Å². The minimum absolute atomic E-state index is 0. The number of nitrogens with one attached hydrogen (secondary N) is 2. The number of alkyl carbamates (subject to hydrolysis) is 1. The third-order valence-corrected chi connectivity index (χ3v) is 4.99. The van der Waals surface area contributed by atoms with Gasteiger partial charge in [-0.15, -0.1) is 24.0 Å². The lowest BCUT2D eigenvalue weighted by atomic mass is 10.1. The van der Waals surface area contributed by atoms with Crippen LogP contribution in [0.2, 0.25) is 0 Å². The van der Waals surface area contributed by atoms with Crippen molar-refractivity contribution in [2.75, 3.05) is 20.1 Å². The molecular weight excluding hydrogens is 535 g/mol. The molecule has 2 N–H and O–H groups in total. The van der Waals surface area contributed by atoms with Crippen LogP contribution in [0.1, 0.15) is 51.9 Å². The number of likely N-dealkylation sites (tertiary alicyclic amines) is 1. The number of aliphatic imine (C=N–C) groups is 1. The van der Waals surface area contributed by atoms with E-state index in [0.29, 0.717) is 19.0 Å². The highest BCUT2D eigenvalue weighted by atomic mass is 127. The van der Waals surface area contributed by atoms with Crippen molar-refractivity contribution in [2.45, 2.75) is 65.1 Å². The van der Waals surface area contributed by atoms with Crippen molar-refractivity contribution < 1.29 is 14.1 Å². The molecule has 1 aliphatic rings. The van der Waals surface area contributed by atoms with Gasteiger partial charge in [-0.3, -0.25) is 4.99 Å². The first-order chi connectivity index (χ1) is 15.3. The van der Waals surface area contributed by atoms with Gasteiger partial charge in [0.05, 0.1) is 6.04 Å². The van der Waals surface area contributed by atoms with E-state index in [2.05, 4.69) is 37.6 Å². The summed E-state index contributed by atoms with van der Waals surface area (Å²) in [4.78, 5) is 23.1. The second-order valence-corrected chi connectivity index (χ2v) is 8.94. The van der Waals surface area contributed by atoms with Gasteiger partial charge in [0.2, 0.25) is 0 Å². The molecule has 33 heavy (non-hydrogen) atoms. The summed E-state index contributed by atoms with van der Waals surface area (Å²) in [5, 5.41) is 10.4. The van der Waals surface area contributed by atoms with Crippen LogP contribution in [0.15, 0.2) is 33.8 Å². The molecule has 1 unspecified atom stereocenters. The van der Waals surface area contributed by atoms with Gasteiger partial charge >= 0.3 is 6.09 Å². The van der Waals surface area contributed by atoms with Crippen molar-refractivity contribution in [3.05, 3.63) is 35.7 Å². The van der Waals surface area contributed by atoms with Crippen molar-refractivity contribution in [3.8, 4) is 11.5 Å². The van der Waals surface area contributed by atoms with E-state index >= 15 is 0 Å². The van der Waals surface area contributed by atoms with Gasteiger partial charge in [0.1, 0.15) is 5.60 Å². The minimum Gasteiger partial charge on any atom is -0.444 e. The first kappa shape index (κ1) is 26.9. The number of ether oxygens (including phenoxy) is 1. The molecule has 1 aromatic carbocycles. The molecule has 1 amide bonds. The lowest BCUT2D eigenvalue weighted by Crippen LogP contribution is -2.44. The van der Waals surface area contributed by atoms with E-state index in [1.165, 1.54) is 0 Å². The lowest BCUT2D eigenvalue weighted by molar-refractivity contribution is 0.0507. The molecule has 182 valence electrons. The van der Waals surface area contributed by atoms with Gasteiger partial charge in [0, 0.05) is 38.7 Å². The first-order valence-electron chi connectivity index (χ1n) is 11.1. The van der Waals surface area contributed by atoms with E-state index in [0.717, 1.165) is 48.7 Å². The highest BCUT2D eigenvalue weighted by molar-refractivity contribution is 14.0. The summed E-state index contributed by atoms with van der Waals surface area (Å²) < 4.78 is 10.8. The van der Waals surface area contributed by atoms with Crippen molar-refractivity contribution >= 4 is 36.0 Å². The number of nitrogens with zero attached hydrogens (tertiary/aromatic N) is 4. The predicted molar refractivity (Wildman–Crippen MR) is 139 cm³/mol. The molecule has 3 rings (SSSR count). The average molecular weight is 570 g/mol. The van der Waals surface area contributed by atoms with E-state index < -0.39 is 5.60 Å². The largest absolute Gasteiger partial charge is 0.444 e. The number of hydrogen-bond acceptors (Lipinski definition) is 6. The number of carbonyl (C=O) groups is 1. The van der Waals surface area contributed by atoms with Crippen molar-refractivity contribution in [2.24, 2.45) is 4.99 Å². The summed E-state index contributed by atoms with van der Waals surface area (Å²) in [7, 11) is 1.76. The van der Waals surface area contributed by atoms with Gasteiger partial charge in [0.25, 0.3) is 5.89 Å². The SMILES string of the molecule is CCCc1noc(-c2cccc(CNC(=NC)N3CCC(NC(=O)OC(C)(C)C)C3)c2)n1.I. The van der Waals surface area contributed by atoms with Gasteiger partial charge in [-0.1, -0.05) is 24.2 Å². The fraction of sp³-hybridized carbons (Fsp3) is 0.565. The summed E-state index contributed by atoms with van der Waals surface area (Å²) in [6, 6.07) is 8.07. The van der Waals surface area contributed by atoms with Gasteiger partial charge in [-0.05, 0) is 51.3 Å². The van der Waals surface area contributed by atoms with Crippen molar-refractivity contribution in [1.82, 2.24) is 25.7 Å². The molecular formula is C23H35IN6O3. The van der Waals surface area contributed by atoms with Crippen LogP contribution in [-0.2, 0) is 17.7 Å². The van der Waals surface area contributed by atoms with Crippen LogP contribution in [0.5, 0.6) is 0 Å². The minimum atomic E-state index is -0.507. The Balaban J connectivity index is 0.00000385. The first-order valence-corrected chi connectivity index (χ1v) is 11.1. The Morgan fingerprint density at radius 2 is 2.15 bits per heavy atom. The molecule has 0 spiro atoms. The highest BCUT2D eigenvalue weighted by Gasteiger charge is 2.27. The number of halogens is 1. The molecule has 2 aromatic rings. The predicted octanol–water partition coefficient (Wildman–Crippen LogP) is 3.98. The number of benzene rings is 1. The topological polar surface area (TPSA) is 105 Å². The van der Waals surface area contributed by atoms with Crippen LogP contribution < -0.4 is 10.6 Å². The van der Waals surface area contributed by atoms with Crippen LogP contribution >= 0.6 is 24.0 Å². The summed E-state index contributed by atoms with van der Waals surface area (Å²) in [5.74, 6) is 2.07. The second-order valence-electron chi connectivity index (χ2n) is 8.94. The standard InChI is InChI=1S/C23H34N6O3.HI/c1-6-8-19-27-20(32-28-19)17-10-7-9-16(13-17)14-25-21(24-5)29-12-11-18(15-29)26-22(30)31-23(2,3)4;/h7,9-10,13,18H,6,8,11-12,14-15H2,1-5H3,(H,24,25)(H,26,30);1H. The van der Waals surface area contributed by atoms with E-state index in [9.17, 15) is 4.79 Å². The highest BCUT2D eigenvalue weighted by Crippen LogP contribution is 2.19. The molecule has 1 saturated heterocycles. The quantitative estimate of drug-likeness (QED) is 0.308. The molecule has 1 aromatic heterocycles. The maximum Gasteiger partial charge on any atom is 0.407 e. The molecule has 1 fully saturated rings. The third-order valence-electron chi connectivity index (χ3n) is 4.99. The van der Waals surface area contributed by atoms with E-state index in [4.69, 9.17) is 9.26 Å². The summed E-state index contributed by atoms with van der Waals surface area (Å²) >= 11 is 0. The zero-order chi connectivity index (χ0) is 23.1. The smallest absolute Gasteiger partial charge is 0.407 e. The molecule has 1 atom stereocenters. The maximum atomic E-state index is 12.0. The normalized spacial score (nSPS) is 16.3. The zero-order valence-electron chi connectivity index (χ0n) is 20.1. The third kappa shape index (κ3) is 8.17. The summed E-state index contributed by atoms with van der Waals surface area (Å²) in [6.07, 6.45) is 2.24. The Kier molecular flexibility index (Phi) is 9.93. The zero-order valence-corrected chi connectivity index (χ0v) is 22.4.